The monoisotopic (exact) mass is 268 g/mol. The Morgan fingerprint density at radius 1 is 0.950 bits per heavy atom. The summed E-state index contributed by atoms with van der Waals surface area (Å²) in [6.45, 7) is 1.80. The number of carbonyl (C=O) groups is 2. The molecule has 0 aliphatic carbocycles. The van der Waals surface area contributed by atoms with Gasteiger partial charge in [-0.15, -0.1) is 0 Å². The average Bonchev–Trinajstić information content (AvgIpc) is 2.49. The SMILES string of the molecule is CCC(C(=O)Oc1ccccc1)C(=O)c1ccccc1. The lowest BCUT2D eigenvalue weighted by Crippen LogP contribution is -2.27. The van der Waals surface area contributed by atoms with Gasteiger partial charge in [0.2, 0.25) is 0 Å². The summed E-state index contributed by atoms with van der Waals surface area (Å²) < 4.78 is 5.25. The van der Waals surface area contributed by atoms with Gasteiger partial charge in [0.05, 0.1) is 0 Å². The minimum atomic E-state index is -0.766. The molecule has 3 nitrogen and oxygen atoms in total. The summed E-state index contributed by atoms with van der Waals surface area (Å²) >= 11 is 0. The third kappa shape index (κ3) is 3.32. The fraction of sp³-hybridized carbons (Fsp3) is 0.176. The number of benzene rings is 2. The van der Waals surface area contributed by atoms with Crippen molar-refractivity contribution in [2.75, 3.05) is 0 Å². The largest absolute Gasteiger partial charge is 0.426 e. The highest BCUT2D eigenvalue weighted by molar-refractivity contribution is 6.08. The molecule has 2 aromatic carbocycles. The molecule has 0 saturated heterocycles. The van der Waals surface area contributed by atoms with Crippen molar-refractivity contribution in [2.24, 2.45) is 5.92 Å². The van der Waals surface area contributed by atoms with Crippen LogP contribution in [0.25, 0.3) is 0 Å². The van der Waals surface area contributed by atoms with Crippen molar-refractivity contribution in [2.45, 2.75) is 13.3 Å². The van der Waals surface area contributed by atoms with Gasteiger partial charge in [-0.25, -0.2) is 0 Å². The Kier molecular flexibility index (Phi) is 4.66. The van der Waals surface area contributed by atoms with E-state index in [2.05, 4.69) is 0 Å². The Morgan fingerprint density at radius 3 is 2.05 bits per heavy atom. The maximum absolute atomic E-state index is 12.3. The van der Waals surface area contributed by atoms with Gasteiger partial charge in [-0.05, 0) is 18.6 Å². The molecule has 0 fully saturated rings. The van der Waals surface area contributed by atoms with Crippen LogP contribution in [0.1, 0.15) is 23.7 Å². The van der Waals surface area contributed by atoms with Crippen molar-refractivity contribution in [3.05, 3.63) is 66.2 Å². The number of esters is 1. The Hall–Kier alpha value is -2.42. The molecule has 1 unspecified atom stereocenters. The van der Waals surface area contributed by atoms with Crippen LogP contribution in [0.4, 0.5) is 0 Å². The highest BCUT2D eigenvalue weighted by atomic mass is 16.5. The second-order valence-electron chi connectivity index (χ2n) is 4.43. The molecular formula is C17H16O3. The topological polar surface area (TPSA) is 43.4 Å². The molecule has 0 N–H and O–H groups in total. The summed E-state index contributed by atoms with van der Waals surface area (Å²) in [5.41, 5.74) is 0.532. The van der Waals surface area contributed by atoms with Crippen LogP contribution >= 0.6 is 0 Å². The number of rotatable bonds is 5. The van der Waals surface area contributed by atoms with E-state index in [4.69, 9.17) is 4.74 Å². The average molecular weight is 268 g/mol. The molecule has 0 aliphatic rings. The number of carbonyl (C=O) groups excluding carboxylic acids is 2. The molecule has 1 atom stereocenters. The summed E-state index contributed by atoms with van der Waals surface area (Å²) in [6, 6.07) is 17.6. The van der Waals surface area contributed by atoms with Gasteiger partial charge < -0.3 is 4.74 Å². The van der Waals surface area contributed by atoms with Crippen LogP contribution in [0.15, 0.2) is 60.7 Å². The van der Waals surface area contributed by atoms with Gasteiger partial charge in [-0.2, -0.15) is 0 Å². The van der Waals surface area contributed by atoms with E-state index in [9.17, 15) is 9.59 Å². The van der Waals surface area contributed by atoms with Gasteiger partial charge in [-0.1, -0.05) is 55.5 Å². The first-order valence-electron chi connectivity index (χ1n) is 6.58. The van der Waals surface area contributed by atoms with Crippen molar-refractivity contribution in [1.29, 1.82) is 0 Å². The van der Waals surface area contributed by atoms with Crippen molar-refractivity contribution < 1.29 is 14.3 Å². The Balaban J connectivity index is 2.12. The van der Waals surface area contributed by atoms with Crippen LogP contribution in [0.5, 0.6) is 5.75 Å². The molecule has 0 spiro atoms. The summed E-state index contributed by atoms with van der Waals surface area (Å²) in [5, 5.41) is 0. The van der Waals surface area contributed by atoms with E-state index in [1.165, 1.54) is 0 Å². The molecule has 0 bridgehead atoms. The van der Waals surface area contributed by atoms with E-state index in [0.717, 1.165) is 0 Å². The second kappa shape index (κ2) is 6.66. The third-order valence-corrected chi connectivity index (χ3v) is 3.03. The van der Waals surface area contributed by atoms with Crippen LogP contribution in [0, 0.1) is 5.92 Å². The van der Waals surface area contributed by atoms with Crippen LogP contribution in [0.2, 0.25) is 0 Å². The minimum absolute atomic E-state index is 0.200. The van der Waals surface area contributed by atoms with Gasteiger partial charge in [0, 0.05) is 5.56 Å². The molecule has 2 aromatic rings. The molecule has 102 valence electrons. The van der Waals surface area contributed by atoms with Gasteiger partial charge in [0.1, 0.15) is 11.7 Å². The normalized spacial score (nSPS) is 11.7. The fourth-order valence-electron chi connectivity index (χ4n) is 1.94. The van der Waals surface area contributed by atoms with Crippen molar-refractivity contribution >= 4 is 11.8 Å². The third-order valence-electron chi connectivity index (χ3n) is 3.03. The van der Waals surface area contributed by atoms with E-state index < -0.39 is 11.9 Å². The molecule has 3 heteroatoms. The van der Waals surface area contributed by atoms with Gasteiger partial charge in [0.25, 0.3) is 0 Å². The Bertz CT molecular complexity index is 576. The number of ether oxygens (including phenoxy) is 1. The fourth-order valence-corrected chi connectivity index (χ4v) is 1.94. The molecule has 0 saturated carbocycles. The Morgan fingerprint density at radius 2 is 1.50 bits per heavy atom. The number of para-hydroxylation sites is 1. The molecule has 0 heterocycles. The van der Waals surface area contributed by atoms with E-state index in [-0.39, 0.29) is 5.78 Å². The van der Waals surface area contributed by atoms with Crippen LogP contribution in [-0.2, 0) is 4.79 Å². The first-order chi connectivity index (χ1) is 9.72. The maximum Gasteiger partial charge on any atom is 0.322 e. The predicted octanol–water partition coefficient (Wildman–Crippen LogP) is 3.50. The molecular weight excluding hydrogens is 252 g/mol. The van der Waals surface area contributed by atoms with E-state index in [1.807, 2.05) is 12.1 Å². The van der Waals surface area contributed by atoms with Gasteiger partial charge >= 0.3 is 5.97 Å². The lowest BCUT2D eigenvalue weighted by molar-refractivity contribution is -0.137. The summed E-state index contributed by atoms with van der Waals surface area (Å²) in [5.74, 6) is -1.02. The zero-order valence-electron chi connectivity index (χ0n) is 11.3. The highest BCUT2D eigenvalue weighted by Gasteiger charge is 2.27. The van der Waals surface area contributed by atoms with Crippen LogP contribution in [0.3, 0.4) is 0 Å². The number of Topliss-reactive ketones (excluding diaryl/α,β-unsaturated/α-hetero) is 1. The first kappa shape index (κ1) is 14.0. The van der Waals surface area contributed by atoms with E-state index in [0.29, 0.717) is 17.7 Å². The highest BCUT2D eigenvalue weighted by Crippen LogP contribution is 2.17. The molecule has 0 amide bonds. The first-order valence-corrected chi connectivity index (χ1v) is 6.58. The lowest BCUT2D eigenvalue weighted by Gasteiger charge is -2.13. The molecule has 0 radical (unpaired) electrons. The lowest BCUT2D eigenvalue weighted by atomic mass is 9.95. The number of hydrogen-bond acceptors (Lipinski definition) is 3. The summed E-state index contributed by atoms with van der Waals surface area (Å²) in [4.78, 5) is 24.4. The van der Waals surface area contributed by atoms with E-state index in [1.54, 1.807) is 55.5 Å². The standard InChI is InChI=1S/C17H16O3/c1-2-15(16(18)13-9-5-3-6-10-13)17(19)20-14-11-7-4-8-12-14/h3-12,15H,2H2,1H3. The molecule has 2 rings (SSSR count). The van der Waals surface area contributed by atoms with E-state index >= 15 is 0 Å². The van der Waals surface area contributed by atoms with Crippen LogP contribution in [-0.4, -0.2) is 11.8 Å². The molecule has 0 aliphatic heterocycles. The summed E-state index contributed by atoms with van der Waals surface area (Å²) in [6.07, 6.45) is 0.416. The van der Waals surface area contributed by atoms with Crippen molar-refractivity contribution in [3.63, 3.8) is 0 Å². The van der Waals surface area contributed by atoms with Gasteiger partial charge in [0.15, 0.2) is 5.78 Å². The summed E-state index contributed by atoms with van der Waals surface area (Å²) in [7, 11) is 0. The second-order valence-corrected chi connectivity index (χ2v) is 4.43. The zero-order chi connectivity index (χ0) is 14.4. The van der Waals surface area contributed by atoms with Gasteiger partial charge in [-0.3, -0.25) is 9.59 Å². The minimum Gasteiger partial charge on any atom is -0.426 e. The molecule has 0 aromatic heterocycles. The van der Waals surface area contributed by atoms with Crippen molar-refractivity contribution in [1.82, 2.24) is 0 Å². The maximum atomic E-state index is 12.3. The van der Waals surface area contributed by atoms with Crippen LogP contribution < -0.4 is 4.74 Å². The molecule has 20 heavy (non-hydrogen) atoms. The number of ketones is 1. The van der Waals surface area contributed by atoms with Crippen molar-refractivity contribution in [3.8, 4) is 5.75 Å². The predicted molar refractivity (Wildman–Crippen MR) is 76.6 cm³/mol. The quantitative estimate of drug-likeness (QED) is 0.361. The smallest absolute Gasteiger partial charge is 0.322 e. The Labute approximate surface area is 118 Å². The zero-order valence-corrected chi connectivity index (χ0v) is 11.3. The number of hydrogen-bond donors (Lipinski definition) is 0.